The van der Waals surface area contributed by atoms with E-state index in [1.165, 1.54) is 27.0 Å². The van der Waals surface area contributed by atoms with Gasteiger partial charge in [-0.2, -0.15) is 0 Å². The van der Waals surface area contributed by atoms with Crippen LogP contribution >= 0.6 is 11.3 Å². The molecule has 25 heavy (non-hydrogen) atoms. The van der Waals surface area contributed by atoms with Crippen molar-refractivity contribution in [3.05, 3.63) is 57.4 Å². The standard InChI is InChI=1S/C20H20N2O2S/c23-20(19-8-7-18(25-19)17-6-3-11-24-17)22-10-9-16-14(12-22)13-4-1-2-5-15(13)21-16/h1-2,4-5,7-8,17,21H,3,6,9-12H2/t17-/m1/s1. The third-order valence-electron chi connectivity index (χ3n) is 5.25. The van der Waals surface area contributed by atoms with Gasteiger partial charge in [-0.25, -0.2) is 0 Å². The lowest BCUT2D eigenvalue weighted by atomic mass is 10.0. The number of hydrogen-bond donors (Lipinski definition) is 1. The predicted molar refractivity (Wildman–Crippen MR) is 99.0 cm³/mol. The molecule has 2 aromatic heterocycles. The van der Waals surface area contributed by atoms with Crippen LogP contribution in [0.3, 0.4) is 0 Å². The van der Waals surface area contributed by atoms with Gasteiger partial charge in [-0.05, 0) is 31.0 Å². The molecule has 128 valence electrons. The van der Waals surface area contributed by atoms with Gasteiger partial charge in [0, 0.05) is 53.2 Å². The van der Waals surface area contributed by atoms with Gasteiger partial charge in [-0.15, -0.1) is 11.3 Å². The molecule has 2 aliphatic heterocycles. The van der Waals surface area contributed by atoms with Gasteiger partial charge in [0.05, 0.1) is 11.0 Å². The summed E-state index contributed by atoms with van der Waals surface area (Å²) in [6.07, 6.45) is 3.26. The number of thiophene rings is 1. The molecule has 1 fully saturated rings. The Labute approximate surface area is 150 Å². The fraction of sp³-hybridized carbons (Fsp3) is 0.350. The number of carbonyl (C=O) groups is 1. The smallest absolute Gasteiger partial charge is 0.264 e. The predicted octanol–water partition coefficient (Wildman–Crippen LogP) is 4.28. The Kier molecular flexibility index (Phi) is 3.64. The van der Waals surface area contributed by atoms with Gasteiger partial charge in [0.15, 0.2) is 0 Å². The summed E-state index contributed by atoms with van der Waals surface area (Å²) in [5, 5.41) is 1.24. The lowest BCUT2D eigenvalue weighted by Gasteiger charge is -2.26. The molecule has 5 rings (SSSR count). The van der Waals surface area contributed by atoms with Gasteiger partial charge in [-0.3, -0.25) is 4.79 Å². The minimum absolute atomic E-state index is 0.144. The van der Waals surface area contributed by atoms with Crippen LogP contribution in [0.5, 0.6) is 0 Å². The first-order valence-electron chi connectivity index (χ1n) is 8.88. The highest BCUT2D eigenvalue weighted by molar-refractivity contribution is 7.14. The van der Waals surface area contributed by atoms with Crippen LogP contribution in [0.1, 0.15) is 44.8 Å². The zero-order valence-electron chi connectivity index (χ0n) is 14.0. The Morgan fingerprint density at radius 3 is 3.04 bits per heavy atom. The first-order chi connectivity index (χ1) is 12.3. The summed E-state index contributed by atoms with van der Waals surface area (Å²) >= 11 is 1.59. The number of benzene rings is 1. The maximum atomic E-state index is 13.0. The Morgan fingerprint density at radius 1 is 1.24 bits per heavy atom. The van der Waals surface area contributed by atoms with E-state index in [-0.39, 0.29) is 12.0 Å². The van der Waals surface area contributed by atoms with Crippen LogP contribution in [-0.2, 0) is 17.7 Å². The van der Waals surface area contributed by atoms with Crippen molar-refractivity contribution in [1.82, 2.24) is 9.88 Å². The van der Waals surface area contributed by atoms with Crippen LogP contribution in [0.15, 0.2) is 36.4 Å². The lowest BCUT2D eigenvalue weighted by Crippen LogP contribution is -2.35. The van der Waals surface area contributed by atoms with Crippen molar-refractivity contribution < 1.29 is 9.53 Å². The molecule has 5 heteroatoms. The van der Waals surface area contributed by atoms with Crippen LogP contribution in [0.4, 0.5) is 0 Å². The van der Waals surface area contributed by atoms with E-state index in [1.807, 2.05) is 17.0 Å². The average molecular weight is 352 g/mol. The molecule has 4 heterocycles. The molecule has 3 aromatic rings. The molecular formula is C20H20N2O2S. The van der Waals surface area contributed by atoms with E-state index in [0.29, 0.717) is 6.54 Å². The number of hydrogen-bond acceptors (Lipinski definition) is 3. The second-order valence-corrected chi connectivity index (χ2v) is 7.92. The first kappa shape index (κ1) is 15.2. The number of nitrogens with zero attached hydrogens (tertiary/aromatic N) is 1. The van der Waals surface area contributed by atoms with Gasteiger partial charge in [-0.1, -0.05) is 18.2 Å². The molecule has 0 unspecified atom stereocenters. The van der Waals surface area contributed by atoms with E-state index >= 15 is 0 Å². The van der Waals surface area contributed by atoms with E-state index in [0.717, 1.165) is 37.3 Å². The van der Waals surface area contributed by atoms with Crippen molar-refractivity contribution in [2.75, 3.05) is 13.2 Å². The van der Waals surface area contributed by atoms with Gasteiger partial charge in [0.1, 0.15) is 0 Å². The van der Waals surface area contributed by atoms with Gasteiger partial charge in [0.2, 0.25) is 0 Å². The first-order valence-corrected chi connectivity index (χ1v) is 9.70. The van der Waals surface area contributed by atoms with Crippen LogP contribution in [0, 0.1) is 0 Å². The van der Waals surface area contributed by atoms with Gasteiger partial charge < -0.3 is 14.6 Å². The largest absolute Gasteiger partial charge is 0.373 e. The fourth-order valence-electron chi connectivity index (χ4n) is 3.94. The molecule has 1 amide bonds. The maximum absolute atomic E-state index is 13.0. The highest BCUT2D eigenvalue weighted by Gasteiger charge is 2.27. The molecule has 4 nitrogen and oxygen atoms in total. The second kappa shape index (κ2) is 6.00. The SMILES string of the molecule is O=C(c1ccc([C@H]2CCCO2)s1)N1CCc2[nH]c3ccccc3c2C1. The third kappa shape index (κ3) is 2.58. The summed E-state index contributed by atoms with van der Waals surface area (Å²) in [5.41, 5.74) is 3.71. The van der Waals surface area contributed by atoms with E-state index in [1.54, 1.807) is 11.3 Å². The van der Waals surface area contributed by atoms with Crippen molar-refractivity contribution in [2.24, 2.45) is 0 Å². The van der Waals surface area contributed by atoms with Crippen molar-refractivity contribution in [2.45, 2.75) is 31.9 Å². The summed E-state index contributed by atoms with van der Waals surface area (Å²) in [6, 6.07) is 12.4. The Morgan fingerprint density at radius 2 is 2.16 bits per heavy atom. The average Bonchev–Trinajstić information content (AvgIpc) is 3.38. The van der Waals surface area contributed by atoms with Crippen LogP contribution in [0.25, 0.3) is 10.9 Å². The molecule has 1 N–H and O–H groups in total. The van der Waals surface area contributed by atoms with Crippen molar-refractivity contribution in [3.8, 4) is 0 Å². The molecule has 1 aromatic carbocycles. The van der Waals surface area contributed by atoms with E-state index in [2.05, 4.69) is 29.2 Å². The zero-order chi connectivity index (χ0) is 16.8. The summed E-state index contributed by atoms with van der Waals surface area (Å²) in [6.45, 7) is 2.29. The lowest BCUT2D eigenvalue weighted by molar-refractivity contribution is 0.0740. The number of aromatic amines is 1. The fourth-order valence-corrected chi connectivity index (χ4v) is 5.00. The molecule has 0 bridgehead atoms. The summed E-state index contributed by atoms with van der Waals surface area (Å²) in [4.78, 5) is 20.5. The van der Waals surface area contributed by atoms with Crippen LogP contribution in [-0.4, -0.2) is 28.9 Å². The molecule has 0 radical (unpaired) electrons. The molecule has 2 aliphatic rings. The topological polar surface area (TPSA) is 45.3 Å². The number of ether oxygens (including phenoxy) is 1. The Balaban J connectivity index is 1.40. The molecule has 1 saturated heterocycles. The number of amides is 1. The van der Waals surface area contributed by atoms with E-state index < -0.39 is 0 Å². The van der Waals surface area contributed by atoms with Crippen LogP contribution in [0.2, 0.25) is 0 Å². The minimum Gasteiger partial charge on any atom is -0.373 e. The molecule has 0 saturated carbocycles. The summed E-state index contributed by atoms with van der Waals surface area (Å²) in [5.74, 6) is 0.144. The number of para-hydroxylation sites is 1. The maximum Gasteiger partial charge on any atom is 0.264 e. The van der Waals surface area contributed by atoms with Crippen LogP contribution < -0.4 is 0 Å². The van der Waals surface area contributed by atoms with Crippen molar-refractivity contribution in [3.63, 3.8) is 0 Å². The zero-order valence-corrected chi connectivity index (χ0v) is 14.8. The molecular weight excluding hydrogens is 332 g/mol. The number of fused-ring (bicyclic) bond motifs is 3. The number of H-pyrrole nitrogens is 1. The van der Waals surface area contributed by atoms with E-state index in [4.69, 9.17) is 4.74 Å². The number of rotatable bonds is 2. The number of carbonyl (C=O) groups excluding carboxylic acids is 1. The van der Waals surface area contributed by atoms with Crippen molar-refractivity contribution >= 4 is 28.1 Å². The van der Waals surface area contributed by atoms with Gasteiger partial charge >= 0.3 is 0 Å². The monoisotopic (exact) mass is 352 g/mol. The minimum atomic E-state index is 0.144. The van der Waals surface area contributed by atoms with E-state index in [9.17, 15) is 4.79 Å². The number of aromatic nitrogens is 1. The quantitative estimate of drug-likeness (QED) is 0.748. The highest BCUT2D eigenvalue weighted by atomic mass is 32.1. The summed E-state index contributed by atoms with van der Waals surface area (Å²) < 4.78 is 5.74. The highest BCUT2D eigenvalue weighted by Crippen LogP contribution is 2.34. The molecule has 0 spiro atoms. The normalized spacial score (nSPS) is 20.2. The van der Waals surface area contributed by atoms with Crippen molar-refractivity contribution in [1.29, 1.82) is 0 Å². The Bertz CT molecular complexity index is 936. The third-order valence-corrected chi connectivity index (χ3v) is 6.42. The molecule has 0 aliphatic carbocycles. The number of nitrogens with one attached hydrogen (secondary N) is 1. The Hall–Kier alpha value is -2.11. The van der Waals surface area contributed by atoms with Gasteiger partial charge in [0.25, 0.3) is 5.91 Å². The second-order valence-electron chi connectivity index (χ2n) is 6.81. The molecule has 1 atom stereocenters. The summed E-state index contributed by atoms with van der Waals surface area (Å²) in [7, 11) is 0.